The molecule has 0 saturated heterocycles. The highest BCUT2D eigenvalue weighted by atomic mass is 32.2. The van der Waals surface area contributed by atoms with Gasteiger partial charge in [0, 0.05) is 11.5 Å². The van der Waals surface area contributed by atoms with Crippen LogP contribution in [-0.4, -0.2) is 33.7 Å². The molecular formula is C18H34O4S. The van der Waals surface area contributed by atoms with Gasteiger partial charge < -0.3 is 10.2 Å². The smallest absolute Gasteiger partial charge is 0.307 e. The molecular weight excluding hydrogens is 312 g/mol. The minimum absolute atomic E-state index is 0.106. The summed E-state index contributed by atoms with van der Waals surface area (Å²) in [5.41, 5.74) is 0. The summed E-state index contributed by atoms with van der Waals surface area (Å²) in [5, 5.41) is 17.8. The van der Waals surface area contributed by atoms with E-state index in [1.165, 1.54) is 63.1 Å². The zero-order chi connectivity index (χ0) is 17.3. The Morgan fingerprint density at radius 3 is 1.87 bits per heavy atom. The molecule has 0 rings (SSSR count). The Morgan fingerprint density at radius 1 is 0.870 bits per heavy atom. The van der Waals surface area contributed by atoms with Crippen LogP contribution in [0.4, 0.5) is 0 Å². The van der Waals surface area contributed by atoms with E-state index in [1.54, 1.807) is 0 Å². The number of aliphatic carboxylic acids is 2. The molecule has 0 bridgehead atoms. The van der Waals surface area contributed by atoms with Gasteiger partial charge in [-0.3, -0.25) is 9.59 Å². The van der Waals surface area contributed by atoms with Gasteiger partial charge in [-0.1, -0.05) is 71.1 Å². The molecule has 0 saturated carbocycles. The monoisotopic (exact) mass is 346 g/mol. The minimum atomic E-state index is -0.820. The van der Waals surface area contributed by atoms with Gasteiger partial charge in [-0.15, -0.1) is 0 Å². The lowest BCUT2D eigenvalue weighted by molar-refractivity contribution is -0.141. The second-order valence-electron chi connectivity index (χ2n) is 6.22. The summed E-state index contributed by atoms with van der Waals surface area (Å²) >= 11 is 1.44. The molecule has 0 aliphatic heterocycles. The number of carboxylic acids is 2. The van der Waals surface area contributed by atoms with Gasteiger partial charge in [0.2, 0.25) is 0 Å². The Balaban J connectivity index is 3.50. The van der Waals surface area contributed by atoms with Crippen molar-refractivity contribution in [1.29, 1.82) is 0 Å². The van der Waals surface area contributed by atoms with Gasteiger partial charge in [-0.2, -0.15) is 11.8 Å². The topological polar surface area (TPSA) is 74.6 Å². The van der Waals surface area contributed by atoms with E-state index in [9.17, 15) is 14.7 Å². The lowest BCUT2D eigenvalue weighted by Crippen LogP contribution is -2.16. The average molecular weight is 347 g/mol. The molecule has 0 fully saturated rings. The average Bonchev–Trinajstić information content (AvgIpc) is 2.50. The number of unbranched alkanes of at least 4 members (excludes halogenated alkanes) is 9. The zero-order valence-electron chi connectivity index (χ0n) is 14.6. The van der Waals surface area contributed by atoms with Crippen molar-refractivity contribution < 1.29 is 19.8 Å². The summed E-state index contributed by atoms with van der Waals surface area (Å²) in [6, 6.07) is 0. The van der Waals surface area contributed by atoms with Crippen LogP contribution in [0, 0.1) is 5.92 Å². The van der Waals surface area contributed by atoms with Gasteiger partial charge in [0.1, 0.15) is 0 Å². The fourth-order valence-electron chi connectivity index (χ4n) is 2.54. The van der Waals surface area contributed by atoms with Crippen molar-refractivity contribution in [3.05, 3.63) is 0 Å². The van der Waals surface area contributed by atoms with Crippen molar-refractivity contribution in [1.82, 2.24) is 0 Å². The first-order valence-corrected chi connectivity index (χ1v) is 10.3. The maximum Gasteiger partial charge on any atom is 0.307 e. The molecule has 1 unspecified atom stereocenters. The van der Waals surface area contributed by atoms with E-state index >= 15 is 0 Å². The Labute approximate surface area is 145 Å². The molecule has 0 aliphatic carbocycles. The molecule has 5 heteroatoms. The summed E-state index contributed by atoms with van der Waals surface area (Å²) in [7, 11) is 0. The Morgan fingerprint density at radius 2 is 1.39 bits per heavy atom. The van der Waals surface area contributed by atoms with E-state index in [0.29, 0.717) is 17.9 Å². The Bertz CT molecular complexity index is 307. The molecule has 0 amide bonds. The summed E-state index contributed by atoms with van der Waals surface area (Å²) < 4.78 is 0. The molecule has 1 atom stereocenters. The number of carboxylic acid groups (broad SMARTS) is 2. The van der Waals surface area contributed by atoms with Crippen molar-refractivity contribution >= 4 is 23.7 Å². The lowest BCUT2D eigenvalue weighted by Gasteiger charge is -2.11. The Kier molecular flexibility index (Phi) is 15.7. The molecule has 23 heavy (non-hydrogen) atoms. The molecule has 0 aromatic heterocycles. The van der Waals surface area contributed by atoms with Crippen molar-refractivity contribution in [2.75, 3.05) is 11.5 Å². The largest absolute Gasteiger partial charge is 0.481 e. The van der Waals surface area contributed by atoms with Gasteiger partial charge in [0.25, 0.3) is 0 Å². The van der Waals surface area contributed by atoms with Crippen molar-refractivity contribution in [2.24, 2.45) is 5.92 Å². The van der Waals surface area contributed by atoms with Crippen LogP contribution < -0.4 is 0 Å². The molecule has 0 spiro atoms. The van der Waals surface area contributed by atoms with E-state index in [0.717, 1.165) is 12.8 Å². The number of hydrogen-bond acceptors (Lipinski definition) is 3. The van der Waals surface area contributed by atoms with Crippen LogP contribution in [0.5, 0.6) is 0 Å². The summed E-state index contributed by atoms with van der Waals surface area (Å²) in [6.45, 7) is 2.23. The second-order valence-corrected chi connectivity index (χ2v) is 7.37. The number of thioether (sulfide) groups is 1. The number of carbonyl (C=O) groups is 2. The van der Waals surface area contributed by atoms with Gasteiger partial charge in [-0.05, 0) is 6.42 Å². The minimum Gasteiger partial charge on any atom is -0.481 e. The van der Waals surface area contributed by atoms with Crippen molar-refractivity contribution in [2.45, 2.75) is 84.0 Å². The third kappa shape index (κ3) is 15.9. The maximum absolute atomic E-state index is 11.2. The number of hydrogen-bond donors (Lipinski definition) is 2. The standard InChI is InChI=1S/C18H34O4S/c1-2-3-4-5-6-7-8-9-10-11-12-16(18(21)22)15-23-14-13-17(19)20/h16H,2-15H2,1H3,(H,19,20)(H,21,22). The molecule has 0 radical (unpaired) electrons. The van der Waals surface area contributed by atoms with Crippen LogP contribution >= 0.6 is 11.8 Å². The van der Waals surface area contributed by atoms with Gasteiger partial charge in [0.05, 0.1) is 12.3 Å². The van der Waals surface area contributed by atoms with Crippen molar-refractivity contribution in [3.8, 4) is 0 Å². The van der Waals surface area contributed by atoms with E-state index in [-0.39, 0.29) is 12.3 Å². The van der Waals surface area contributed by atoms with Crippen LogP contribution in [0.2, 0.25) is 0 Å². The first-order chi connectivity index (χ1) is 11.1. The first-order valence-electron chi connectivity index (χ1n) is 9.10. The maximum atomic E-state index is 11.2. The van der Waals surface area contributed by atoms with Crippen LogP contribution in [-0.2, 0) is 9.59 Å². The first kappa shape index (κ1) is 22.3. The summed E-state index contributed by atoms with van der Waals surface area (Å²) in [6.07, 6.45) is 13.3. The van der Waals surface area contributed by atoms with Crippen molar-refractivity contribution in [3.63, 3.8) is 0 Å². The molecule has 0 aromatic carbocycles. The number of rotatable bonds is 17. The van der Waals surface area contributed by atoms with Gasteiger partial charge >= 0.3 is 11.9 Å². The third-order valence-electron chi connectivity index (χ3n) is 4.03. The van der Waals surface area contributed by atoms with Crippen LogP contribution in [0.3, 0.4) is 0 Å². The van der Waals surface area contributed by atoms with Crippen LogP contribution in [0.1, 0.15) is 84.0 Å². The zero-order valence-corrected chi connectivity index (χ0v) is 15.4. The fraction of sp³-hybridized carbons (Fsp3) is 0.889. The van der Waals surface area contributed by atoms with Gasteiger partial charge in [0.15, 0.2) is 0 Å². The predicted molar refractivity (Wildman–Crippen MR) is 97.2 cm³/mol. The van der Waals surface area contributed by atoms with E-state index in [2.05, 4.69) is 6.92 Å². The highest BCUT2D eigenvalue weighted by Gasteiger charge is 2.16. The fourth-order valence-corrected chi connectivity index (χ4v) is 3.62. The molecule has 136 valence electrons. The molecule has 2 N–H and O–H groups in total. The molecule has 4 nitrogen and oxygen atoms in total. The normalized spacial score (nSPS) is 12.2. The molecule has 0 heterocycles. The quantitative estimate of drug-likeness (QED) is 0.354. The molecule has 0 aliphatic rings. The lowest BCUT2D eigenvalue weighted by atomic mass is 10.0. The summed E-state index contributed by atoms with van der Waals surface area (Å²) in [5.74, 6) is -0.873. The molecule has 0 aromatic rings. The van der Waals surface area contributed by atoms with E-state index in [4.69, 9.17) is 5.11 Å². The van der Waals surface area contributed by atoms with Gasteiger partial charge in [-0.25, -0.2) is 0 Å². The van der Waals surface area contributed by atoms with E-state index in [1.807, 2.05) is 0 Å². The third-order valence-corrected chi connectivity index (χ3v) is 5.17. The Hall–Kier alpha value is -0.710. The SMILES string of the molecule is CCCCCCCCCCCCC(CSCCC(=O)O)C(=O)O. The summed E-state index contributed by atoms with van der Waals surface area (Å²) in [4.78, 5) is 21.6. The predicted octanol–water partition coefficient (Wildman–Crippen LogP) is 5.21. The van der Waals surface area contributed by atoms with Crippen LogP contribution in [0.15, 0.2) is 0 Å². The second kappa shape index (κ2) is 16.2. The highest BCUT2D eigenvalue weighted by Crippen LogP contribution is 2.18. The highest BCUT2D eigenvalue weighted by molar-refractivity contribution is 7.99. The van der Waals surface area contributed by atoms with Crippen LogP contribution in [0.25, 0.3) is 0 Å². The van der Waals surface area contributed by atoms with E-state index < -0.39 is 11.9 Å².